The molecule has 0 spiro atoms. The monoisotopic (exact) mass is 524 g/mol. The number of anilines is 1. The Morgan fingerprint density at radius 2 is 1.89 bits per heavy atom. The number of nitrogens with zero attached hydrogens (tertiary/aromatic N) is 2. The van der Waals surface area contributed by atoms with E-state index < -0.39 is 17.7 Å². The highest BCUT2D eigenvalue weighted by atomic mass is 32.1. The van der Waals surface area contributed by atoms with Crippen molar-refractivity contribution in [2.45, 2.75) is 32.1 Å². The summed E-state index contributed by atoms with van der Waals surface area (Å²) >= 11 is 1.26. The summed E-state index contributed by atoms with van der Waals surface area (Å²) in [6.07, 6.45) is 2.33. The lowest BCUT2D eigenvalue weighted by atomic mass is 9.94. The molecule has 1 N–H and O–H groups in total. The molecule has 0 aliphatic carbocycles. The lowest BCUT2D eigenvalue weighted by Crippen LogP contribution is -2.29. The first-order valence-corrected chi connectivity index (χ1v) is 13.1. The topological polar surface area (TPSA) is 89.0 Å². The van der Waals surface area contributed by atoms with Crippen molar-refractivity contribution in [3.63, 3.8) is 0 Å². The molecule has 1 fully saturated rings. The first-order valence-electron chi connectivity index (χ1n) is 12.3. The van der Waals surface area contributed by atoms with Gasteiger partial charge in [-0.1, -0.05) is 42.5 Å². The number of thiazole rings is 1. The first-order chi connectivity index (χ1) is 18.5. The van der Waals surface area contributed by atoms with Crippen molar-refractivity contribution < 1.29 is 24.2 Å². The second-order valence-electron chi connectivity index (χ2n) is 9.28. The van der Waals surface area contributed by atoms with E-state index in [0.717, 1.165) is 16.9 Å². The number of rotatable bonds is 6. The highest BCUT2D eigenvalue weighted by molar-refractivity contribution is 7.14. The van der Waals surface area contributed by atoms with Crippen molar-refractivity contribution in [1.82, 2.24) is 4.98 Å². The van der Waals surface area contributed by atoms with E-state index in [-0.39, 0.29) is 17.4 Å². The molecule has 38 heavy (non-hydrogen) atoms. The zero-order valence-electron chi connectivity index (χ0n) is 20.5. The number of ketones is 1. The molecule has 3 aromatic carbocycles. The number of fused-ring (bicyclic) bond motifs is 1. The number of carbonyl (C=O) groups is 2. The number of amides is 1. The van der Waals surface area contributed by atoms with Gasteiger partial charge in [0, 0.05) is 23.6 Å². The predicted octanol–water partition coefficient (Wildman–Crippen LogP) is 5.67. The second kappa shape index (κ2) is 9.79. The van der Waals surface area contributed by atoms with Gasteiger partial charge in [0.2, 0.25) is 0 Å². The molecule has 0 radical (unpaired) electrons. The van der Waals surface area contributed by atoms with Gasteiger partial charge in [0.25, 0.3) is 5.78 Å². The molecule has 0 unspecified atom stereocenters. The summed E-state index contributed by atoms with van der Waals surface area (Å²) in [4.78, 5) is 32.2. The van der Waals surface area contributed by atoms with Crippen molar-refractivity contribution in [1.29, 1.82) is 0 Å². The maximum absolute atomic E-state index is 13.3. The summed E-state index contributed by atoms with van der Waals surface area (Å²) in [7, 11) is 0. The van der Waals surface area contributed by atoms with Crippen LogP contribution in [0.5, 0.6) is 11.5 Å². The van der Waals surface area contributed by atoms with Crippen LogP contribution in [0.2, 0.25) is 0 Å². The summed E-state index contributed by atoms with van der Waals surface area (Å²) in [5.41, 5.74) is 3.14. The SMILES string of the molecule is C[C@@H]1Cc2cc(C(O)=C3C(=O)C(=O)N(c4nccs4)[C@H]3c3ccc(OCc4ccccc4)cc3)ccc2O1. The first kappa shape index (κ1) is 23.9. The molecule has 1 amide bonds. The number of aliphatic hydroxyl groups excluding tert-OH is 1. The van der Waals surface area contributed by atoms with Gasteiger partial charge in [-0.15, -0.1) is 11.3 Å². The van der Waals surface area contributed by atoms with E-state index in [0.29, 0.717) is 35.0 Å². The molecule has 3 heterocycles. The van der Waals surface area contributed by atoms with Gasteiger partial charge in [-0.05, 0) is 53.9 Å². The van der Waals surface area contributed by atoms with Gasteiger partial charge in [0.1, 0.15) is 30.0 Å². The quantitative estimate of drug-likeness (QED) is 0.199. The molecular formula is C30H24N2O5S. The fourth-order valence-corrected chi connectivity index (χ4v) is 5.56. The predicted molar refractivity (Wildman–Crippen MR) is 144 cm³/mol. The summed E-state index contributed by atoms with van der Waals surface area (Å²) in [5.74, 6) is -0.290. The minimum absolute atomic E-state index is 0.0232. The molecule has 6 rings (SSSR count). The van der Waals surface area contributed by atoms with Crippen LogP contribution in [0.15, 0.2) is 89.9 Å². The number of ether oxygens (including phenoxy) is 2. The lowest BCUT2D eigenvalue weighted by molar-refractivity contribution is -0.132. The van der Waals surface area contributed by atoms with Crippen LogP contribution in [0.3, 0.4) is 0 Å². The number of hydrogen-bond acceptors (Lipinski definition) is 7. The zero-order valence-corrected chi connectivity index (χ0v) is 21.4. The molecule has 1 aromatic heterocycles. The molecule has 7 nitrogen and oxygen atoms in total. The van der Waals surface area contributed by atoms with E-state index in [1.807, 2.05) is 55.5 Å². The third-order valence-electron chi connectivity index (χ3n) is 6.68. The number of aliphatic hydroxyl groups is 1. The largest absolute Gasteiger partial charge is 0.507 e. The molecule has 190 valence electrons. The van der Waals surface area contributed by atoms with Gasteiger partial charge in [-0.25, -0.2) is 4.98 Å². The molecule has 2 atom stereocenters. The Hall–Kier alpha value is -4.43. The van der Waals surface area contributed by atoms with Crippen LogP contribution < -0.4 is 14.4 Å². The summed E-state index contributed by atoms with van der Waals surface area (Å²) in [6.45, 7) is 2.39. The fraction of sp³-hybridized carbons (Fsp3) is 0.167. The number of aromatic nitrogens is 1. The highest BCUT2D eigenvalue weighted by Gasteiger charge is 2.48. The molecule has 8 heteroatoms. The third-order valence-corrected chi connectivity index (χ3v) is 7.45. The van der Waals surface area contributed by atoms with Crippen LogP contribution >= 0.6 is 11.3 Å². The van der Waals surface area contributed by atoms with E-state index in [1.165, 1.54) is 16.2 Å². The van der Waals surface area contributed by atoms with Gasteiger partial charge in [0.15, 0.2) is 5.13 Å². The van der Waals surface area contributed by atoms with E-state index in [2.05, 4.69) is 4.98 Å². The number of hydrogen-bond donors (Lipinski definition) is 1. The highest BCUT2D eigenvalue weighted by Crippen LogP contribution is 2.43. The van der Waals surface area contributed by atoms with Crippen molar-refractivity contribution in [2.75, 3.05) is 4.90 Å². The molecular weight excluding hydrogens is 500 g/mol. The van der Waals surface area contributed by atoms with Crippen LogP contribution in [0.1, 0.15) is 35.2 Å². The Labute approximate surface area is 223 Å². The van der Waals surface area contributed by atoms with Crippen LogP contribution in [-0.2, 0) is 22.6 Å². The van der Waals surface area contributed by atoms with Gasteiger partial charge in [-0.2, -0.15) is 0 Å². The standard InChI is InChI=1S/C30H24N2O5S/c1-18-15-22-16-21(9-12-24(22)37-18)27(33)25-26(32(29(35)28(25)34)30-31-13-14-38-30)20-7-10-23(11-8-20)36-17-19-5-3-2-4-6-19/h2-14,16,18,26,33H,15,17H2,1H3/t18-,26+/m1/s1. The minimum atomic E-state index is -0.840. The van der Waals surface area contributed by atoms with Gasteiger partial charge in [0.05, 0.1) is 11.6 Å². The van der Waals surface area contributed by atoms with Crippen LogP contribution in [0.4, 0.5) is 5.13 Å². The average molecular weight is 525 g/mol. The van der Waals surface area contributed by atoms with E-state index in [1.54, 1.807) is 35.8 Å². The fourth-order valence-electron chi connectivity index (χ4n) is 4.89. The lowest BCUT2D eigenvalue weighted by Gasteiger charge is -2.23. The number of carbonyl (C=O) groups excluding carboxylic acids is 2. The zero-order chi connectivity index (χ0) is 26.2. The summed E-state index contributed by atoms with van der Waals surface area (Å²) in [6, 6.07) is 21.5. The van der Waals surface area contributed by atoms with Crippen LogP contribution in [-0.4, -0.2) is 27.9 Å². The summed E-state index contributed by atoms with van der Waals surface area (Å²) in [5, 5.41) is 13.5. The van der Waals surface area contributed by atoms with Crippen molar-refractivity contribution >= 4 is 33.9 Å². The minimum Gasteiger partial charge on any atom is -0.507 e. The van der Waals surface area contributed by atoms with Crippen LogP contribution in [0, 0.1) is 0 Å². The van der Waals surface area contributed by atoms with Gasteiger partial charge < -0.3 is 14.6 Å². The van der Waals surface area contributed by atoms with Crippen LogP contribution in [0.25, 0.3) is 5.76 Å². The van der Waals surface area contributed by atoms with Crippen molar-refractivity contribution in [3.05, 3.63) is 112 Å². The Bertz CT molecular complexity index is 1530. The van der Waals surface area contributed by atoms with Gasteiger partial charge >= 0.3 is 5.91 Å². The maximum Gasteiger partial charge on any atom is 0.301 e. The Morgan fingerprint density at radius 3 is 2.63 bits per heavy atom. The van der Waals surface area contributed by atoms with Crippen molar-refractivity contribution in [2.24, 2.45) is 0 Å². The second-order valence-corrected chi connectivity index (χ2v) is 10.2. The summed E-state index contributed by atoms with van der Waals surface area (Å²) < 4.78 is 11.7. The molecule has 0 saturated carbocycles. The maximum atomic E-state index is 13.3. The molecule has 2 aliphatic rings. The molecule has 4 aromatic rings. The number of Topliss-reactive ketones (excluding diaryl/α,β-unsaturated/α-hetero) is 1. The van der Waals surface area contributed by atoms with E-state index in [4.69, 9.17) is 9.47 Å². The molecule has 2 aliphatic heterocycles. The van der Waals surface area contributed by atoms with E-state index in [9.17, 15) is 14.7 Å². The van der Waals surface area contributed by atoms with E-state index >= 15 is 0 Å². The van der Waals surface area contributed by atoms with Crippen molar-refractivity contribution in [3.8, 4) is 11.5 Å². The normalized spacial score (nSPS) is 19.9. The number of benzene rings is 3. The Morgan fingerprint density at radius 1 is 1.11 bits per heavy atom. The smallest absolute Gasteiger partial charge is 0.301 e. The average Bonchev–Trinajstić information content (AvgIpc) is 3.65. The molecule has 1 saturated heterocycles. The van der Waals surface area contributed by atoms with Gasteiger partial charge in [-0.3, -0.25) is 14.5 Å². The third kappa shape index (κ3) is 4.33. The Balaban J connectivity index is 1.38. The Kier molecular flexibility index (Phi) is 6.17. The molecule has 0 bridgehead atoms.